The number of nitrogens with one attached hydrogen (secondary N) is 2. The molecular formula is C24H21ClN4OS. The highest BCUT2D eigenvalue weighted by atomic mass is 35.5. The molecule has 4 aromatic rings. The van der Waals surface area contributed by atoms with Gasteiger partial charge in [0.05, 0.1) is 21.7 Å². The SMILES string of the molecule is CCC(Sc1nc(-c2ccccc2)c(-c2ccccc2)[nH]1)C(=O)Nc1ccc(Cl)cn1. The molecule has 0 aliphatic rings. The first-order valence-corrected chi connectivity index (χ1v) is 11.2. The molecule has 1 atom stereocenters. The molecule has 31 heavy (non-hydrogen) atoms. The van der Waals surface area contributed by atoms with Crippen LogP contribution in [0.1, 0.15) is 13.3 Å². The standard InChI is InChI=1S/C24H21ClN4OS/c1-2-19(23(30)27-20-14-13-18(25)15-26-20)31-24-28-21(16-9-5-3-6-10-16)22(29-24)17-11-7-4-8-12-17/h3-15,19H,2H2,1H3,(H,28,29)(H,26,27,30). The Morgan fingerprint density at radius 2 is 1.71 bits per heavy atom. The summed E-state index contributed by atoms with van der Waals surface area (Å²) in [5, 5.41) is 3.75. The smallest absolute Gasteiger partial charge is 0.239 e. The molecule has 1 unspecified atom stereocenters. The highest BCUT2D eigenvalue weighted by molar-refractivity contribution is 8.00. The van der Waals surface area contributed by atoms with E-state index in [1.165, 1.54) is 18.0 Å². The Kier molecular flexibility index (Phi) is 6.70. The lowest BCUT2D eigenvalue weighted by Gasteiger charge is -2.12. The number of carbonyl (C=O) groups is 1. The van der Waals surface area contributed by atoms with Gasteiger partial charge in [0.2, 0.25) is 5.91 Å². The van der Waals surface area contributed by atoms with Crippen LogP contribution in [0, 0.1) is 0 Å². The van der Waals surface area contributed by atoms with Gasteiger partial charge in [-0.25, -0.2) is 9.97 Å². The van der Waals surface area contributed by atoms with Crippen molar-refractivity contribution in [2.45, 2.75) is 23.8 Å². The number of pyridine rings is 1. The lowest BCUT2D eigenvalue weighted by atomic mass is 10.1. The van der Waals surface area contributed by atoms with Gasteiger partial charge in [0.15, 0.2) is 5.16 Å². The van der Waals surface area contributed by atoms with Gasteiger partial charge in [-0.2, -0.15) is 0 Å². The molecule has 0 bridgehead atoms. The summed E-state index contributed by atoms with van der Waals surface area (Å²) in [4.78, 5) is 25.2. The fourth-order valence-corrected chi connectivity index (χ4v) is 4.16. The van der Waals surface area contributed by atoms with Crippen molar-refractivity contribution in [3.8, 4) is 22.5 Å². The molecular weight excluding hydrogens is 428 g/mol. The van der Waals surface area contributed by atoms with Crippen molar-refractivity contribution in [1.29, 1.82) is 0 Å². The molecule has 2 aromatic carbocycles. The Hall–Kier alpha value is -3.09. The van der Waals surface area contributed by atoms with Gasteiger partial charge < -0.3 is 10.3 Å². The van der Waals surface area contributed by atoms with Crippen LogP contribution in [0.5, 0.6) is 0 Å². The largest absolute Gasteiger partial charge is 0.332 e. The molecule has 5 nitrogen and oxygen atoms in total. The van der Waals surface area contributed by atoms with E-state index in [4.69, 9.17) is 16.6 Å². The maximum Gasteiger partial charge on any atom is 0.239 e. The molecule has 0 aliphatic heterocycles. The van der Waals surface area contributed by atoms with Crippen LogP contribution < -0.4 is 5.32 Å². The van der Waals surface area contributed by atoms with Crippen molar-refractivity contribution in [3.05, 3.63) is 84.0 Å². The maximum absolute atomic E-state index is 12.8. The highest BCUT2D eigenvalue weighted by Gasteiger charge is 2.22. The number of carbonyl (C=O) groups excluding carboxylic acids is 1. The summed E-state index contributed by atoms with van der Waals surface area (Å²) < 4.78 is 0. The zero-order valence-electron chi connectivity index (χ0n) is 16.9. The Morgan fingerprint density at radius 1 is 1.03 bits per heavy atom. The van der Waals surface area contributed by atoms with Gasteiger partial charge in [-0.1, -0.05) is 91.0 Å². The minimum atomic E-state index is -0.323. The minimum absolute atomic E-state index is 0.124. The first kappa shape index (κ1) is 21.2. The number of anilines is 1. The Morgan fingerprint density at radius 3 is 2.32 bits per heavy atom. The number of amides is 1. The number of rotatable bonds is 7. The number of thioether (sulfide) groups is 1. The van der Waals surface area contributed by atoms with E-state index in [1.807, 2.05) is 67.6 Å². The van der Waals surface area contributed by atoms with E-state index in [0.29, 0.717) is 22.4 Å². The van der Waals surface area contributed by atoms with Crippen LogP contribution in [0.15, 0.2) is 84.1 Å². The van der Waals surface area contributed by atoms with Gasteiger partial charge >= 0.3 is 0 Å². The number of benzene rings is 2. The Bertz CT molecular complexity index is 1090. The molecule has 0 saturated heterocycles. The average Bonchev–Trinajstić information content (AvgIpc) is 3.24. The molecule has 156 valence electrons. The number of nitrogens with zero attached hydrogens (tertiary/aromatic N) is 2. The minimum Gasteiger partial charge on any atom is -0.332 e. The molecule has 0 aliphatic carbocycles. The predicted molar refractivity (Wildman–Crippen MR) is 127 cm³/mol. The van der Waals surface area contributed by atoms with Gasteiger partial charge in [-0.15, -0.1) is 0 Å². The van der Waals surface area contributed by atoms with Crippen LogP contribution >= 0.6 is 23.4 Å². The summed E-state index contributed by atoms with van der Waals surface area (Å²) in [6.45, 7) is 1.98. The quantitative estimate of drug-likeness (QED) is 0.325. The summed E-state index contributed by atoms with van der Waals surface area (Å²) in [5.74, 6) is 0.351. The molecule has 2 heterocycles. The first-order chi connectivity index (χ1) is 15.1. The number of halogens is 1. The fraction of sp³-hybridized carbons (Fsp3) is 0.125. The second kappa shape index (κ2) is 9.81. The third-order valence-electron chi connectivity index (χ3n) is 4.69. The van der Waals surface area contributed by atoms with E-state index < -0.39 is 0 Å². The van der Waals surface area contributed by atoms with Crippen LogP contribution in [-0.2, 0) is 4.79 Å². The van der Waals surface area contributed by atoms with Crippen LogP contribution in [-0.4, -0.2) is 26.1 Å². The van der Waals surface area contributed by atoms with Gasteiger partial charge in [0, 0.05) is 17.3 Å². The van der Waals surface area contributed by atoms with E-state index in [2.05, 4.69) is 15.3 Å². The molecule has 2 N–H and O–H groups in total. The predicted octanol–water partition coefficient (Wildman–Crippen LogP) is 6.30. The normalized spacial score (nSPS) is 11.8. The third-order valence-corrected chi connectivity index (χ3v) is 6.16. The molecule has 7 heteroatoms. The first-order valence-electron chi connectivity index (χ1n) is 9.94. The monoisotopic (exact) mass is 448 g/mol. The molecule has 0 radical (unpaired) electrons. The van der Waals surface area contributed by atoms with Crippen molar-refractivity contribution >= 4 is 35.1 Å². The van der Waals surface area contributed by atoms with E-state index in [1.54, 1.807) is 12.1 Å². The maximum atomic E-state index is 12.8. The van der Waals surface area contributed by atoms with Gasteiger partial charge in [0.1, 0.15) is 5.82 Å². The number of hydrogen-bond acceptors (Lipinski definition) is 4. The van der Waals surface area contributed by atoms with Crippen molar-refractivity contribution < 1.29 is 4.79 Å². The third kappa shape index (κ3) is 5.16. The molecule has 0 spiro atoms. The summed E-state index contributed by atoms with van der Waals surface area (Å²) in [7, 11) is 0. The number of hydrogen-bond donors (Lipinski definition) is 2. The van der Waals surface area contributed by atoms with Crippen molar-refractivity contribution in [1.82, 2.24) is 15.0 Å². The summed E-state index contributed by atoms with van der Waals surface area (Å²) in [6.07, 6.45) is 2.15. The van der Waals surface area contributed by atoms with Crippen molar-refractivity contribution in [2.75, 3.05) is 5.32 Å². The lowest BCUT2D eigenvalue weighted by Crippen LogP contribution is -2.25. The second-order valence-corrected chi connectivity index (χ2v) is 8.49. The lowest BCUT2D eigenvalue weighted by molar-refractivity contribution is -0.115. The summed E-state index contributed by atoms with van der Waals surface area (Å²) >= 11 is 7.28. The summed E-state index contributed by atoms with van der Waals surface area (Å²) in [6, 6.07) is 23.5. The second-order valence-electron chi connectivity index (χ2n) is 6.86. The van der Waals surface area contributed by atoms with Crippen LogP contribution in [0.3, 0.4) is 0 Å². The van der Waals surface area contributed by atoms with Gasteiger partial charge in [-0.3, -0.25) is 4.79 Å². The van der Waals surface area contributed by atoms with E-state index in [0.717, 1.165) is 22.5 Å². The zero-order valence-corrected chi connectivity index (χ0v) is 18.5. The molecule has 2 aromatic heterocycles. The number of imidazole rings is 1. The molecule has 0 saturated carbocycles. The average molecular weight is 449 g/mol. The van der Waals surface area contributed by atoms with Crippen molar-refractivity contribution in [3.63, 3.8) is 0 Å². The van der Waals surface area contributed by atoms with Crippen LogP contribution in [0.2, 0.25) is 5.02 Å². The zero-order chi connectivity index (χ0) is 21.6. The topological polar surface area (TPSA) is 70.7 Å². The van der Waals surface area contributed by atoms with Crippen LogP contribution in [0.25, 0.3) is 22.5 Å². The highest BCUT2D eigenvalue weighted by Crippen LogP contribution is 2.34. The van der Waals surface area contributed by atoms with E-state index in [9.17, 15) is 4.79 Å². The molecule has 4 rings (SSSR count). The van der Waals surface area contributed by atoms with Crippen LogP contribution in [0.4, 0.5) is 5.82 Å². The molecule has 0 fully saturated rings. The number of H-pyrrole nitrogens is 1. The van der Waals surface area contributed by atoms with E-state index in [-0.39, 0.29) is 11.2 Å². The Balaban J connectivity index is 1.60. The molecule has 1 amide bonds. The number of aromatic nitrogens is 3. The summed E-state index contributed by atoms with van der Waals surface area (Å²) in [5.41, 5.74) is 3.86. The Labute approximate surface area is 190 Å². The van der Waals surface area contributed by atoms with Gasteiger partial charge in [-0.05, 0) is 18.6 Å². The number of aromatic amines is 1. The van der Waals surface area contributed by atoms with Crippen molar-refractivity contribution in [2.24, 2.45) is 0 Å². The fourth-order valence-electron chi connectivity index (χ4n) is 3.14. The van der Waals surface area contributed by atoms with E-state index >= 15 is 0 Å². The van der Waals surface area contributed by atoms with Gasteiger partial charge in [0.25, 0.3) is 0 Å².